The molecule has 28 nitrogen and oxygen atoms in total. The van der Waals surface area contributed by atoms with E-state index >= 15 is 0 Å². The average molecular weight is 1970 g/mol. The van der Waals surface area contributed by atoms with Crippen LogP contribution in [0, 0.1) is 69.0 Å². The van der Waals surface area contributed by atoms with Crippen LogP contribution in [0.5, 0.6) is 0 Å². The van der Waals surface area contributed by atoms with Gasteiger partial charge in [0.25, 0.3) is 0 Å². The summed E-state index contributed by atoms with van der Waals surface area (Å²) in [7, 11) is 0. The normalized spacial score (nSPS) is 39.4. The van der Waals surface area contributed by atoms with Crippen LogP contribution in [0.4, 0.5) is 0 Å². The van der Waals surface area contributed by atoms with Crippen LogP contribution in [-0.4, -0.2) is 255 Å². The first-order valence-corrected chi connectivity index (χ1v) is 51.3. The van der Waals surface area contributed by atoms with E-state index in [-0.39, 0.29) is 114 Å². The van der Waals surface area contributed by atoms with Gasteiger partial charge in [-0.1, -0.05) is 207 Å². The van der Waals surface area contributed by atoms with Gasteiger partial charge >= 0.3 is 23.9 Å². The van der Waals surface area contributed by atoms with Gasteiger partial charge in [-0.25, -0.2) is 9.98 Å². The number of aliphatic hydroxyl groups excluding tert-OH is 8. The number of epoxide rings is 2. The maximum atomic E-state index is 13.2. The summed E-state index contributed by atoms with van der Waals surface area (Å²) in [5, 5.41) is 88.4. The molecular formula is C108H164N4O24S2. The van der Waals surface area contributed by atoms with Crippen molar-refractivity contribution in [2.24, 2.45) is 89.0 Å². The van der Waals surface area contributed by atoms with Gasteiger partial charge in [0.05, 0.1) is 142 Å². The molecule has 8 N–H and O–H groups in total. The Hall–Kier alpha value is -7.46. The minimum atomic E-state index is -1.25. The first-order chi connectivity index (χ1) is 64.1. The third-order valence-electron chi connectivity index (χ3n) is 29.3. The van der Waals surface area contributed by atoms with E-state index in [1.807, 2.05) is 170 Å². The fourth-order valence-electron chi connectivity index (χ4n) is 18.4. The molecule has 8 unspecified atom stereocenters. The van der Waals surface area contributed by atoms with E-state index in [1.54, 1.807) is 120 Å². The second-order valence-corrected chi connectivity index (χ2v) is 45.3. The molecule has 2 saturated heterocycles. The lowest BCUT2D eigenvalue weighted by atomic mass is 9.73. The zero-order valence-corrected chi connectivity index (χ0v) is 88.8. The van der Waals surface area contributed by atoms with E-state index in [2.05, 4.69) is 32.1 Å². The van der Waals surface area contributed by atoms with Gasteiger partial charge in [0.1, 0.15) is 72.8 Å². The van der Waals surface area contributed by atoms with Crippen LogP contribution in [0.15, 0.2) is 138 Å². The standard InChI is InChI=1S/C27H41NO7.C27H41NO6S.C27H41NO6.C27H41NO5S/c1-15-9-8-10-27(7)22(35-27)12-20(16(2)11-19-14-33-18(4)28-19)34-23(30)13-21(29)26(5,6)25(32)17(3)24(15)31;1-15-9-8-10-27(7)22(34-27)12-20(16(2)11-19-14-35-18(4)28-19)33-23(30)13-21(29)26(5,6)25(32)17(3)24(15)31;1-16-9-8-10-17(2)25(31)19(4)26(32)27(6,7)23(29)14-24(30)34-22(12-11-16)18(3)13-21-15-33-20(5)28-21;1-16-9-8-10-17(2)25(31)19(4)26(32)27(6,7)23(29)14-24(30)33-22(12-11-16)18(3)13-21-15-34-20(5)28-21/h2*8-9,11,15,17,19-22,24,29,31H,10,12-14H2,1-7H3;2*8,10-11,13,17,19,21-23,25,29,31H,9,12,14-15H2,1-7H3/b2*9-8+,16-11+;2*10-8+,16-11-,18-13+/t2*15-,17+,19?,20-,21-,22?,24-,27?;2*17-,19+,21?,22-,23-,25-/m0000/s1. The zero-order chi connectivity index (χ0) is 104. The first kappa shape index (κ1) is 117. The van der Waals surface area contributed by atoms with Gasteiger partial charge in [0.15, 0.2) is 11.8 Å². The number of hydrogen-bond donors (Lipinski definition) is 8. The van der Waals surface area contributed by atoms with Crippen LogP contribution < -0.4 is 0 Å². The van der Waals surface area contributed by atoms with Crippen molar-refractivity contribution >= 4 is 92.4 Å². The highest BCUT2D eigenvalue weighted by molar-refractivity contribution is 8.14. The van der Waals surface area contributed by atoms with Gasteiger partial charge in [0.2, 0.25) is 0 Å². The van der Waals surface area contributed by atoms with Gasteiger partial charge < -0.3 is 78.7 Å². The minimum absolute atomic E-state index is 0.0463. The number of nitrogens with zero attached hydrogens (tertiary/aromatic N) is 4. The number of cyclic esters (lactones) is 4. The third-order valence-corrected chi connectivity index (χ3v) is 31.4. The number of hydrogen-bond acceptors (Lipinski definition) is 30. The fourth-order valence-corrected chi connectivity index (χ4v) is 20.0. The van der Waals surface area contributed by atoms with E-state index in [1.165, 1.54) is 0 Å². The van der Waals surface area contributed by atoms with Gasteiger partial charge in [0, 0.05) is 98.4 Å². The van der Waals surface area contributed by atoms with Crippen molar-refractivity contribution in [1.29, 1.82) is 0 Å². The molecule has 0 aromatic carbocycles. The molecule has 10 aliphatic rings. The summed E-state index contributed by atoms with van der Waals surface area (Å²) >= 11 is 3.43. The molecule has 10 heterocycles. The summed E-state index contributed by atoms with van der Waals surface area (Å²) < 4.78 is 46.2. The monoisotopic (exact) mass is 1970 g/mol. The van der Waals surface area contributed by atoms with Crippen molar-refractivity contribution in [3.63, 3.8) is 0 Å². The lowest BCUT2D eigenvalue weighted by Crippen LogP contribution is -2.45. The van der Waals surface area contributed by atoms with Crippen LogP contribution >= 0.6 is 23.5 Å². The fraction of sp³-hybridized carbons (Fsp3) is 0.704. The number of ketones is 4. The molecule has 0 aromatic rings. The number of carbonyl (C=O) groups excluding carboxylic acids is 8. The number of carbonyl (C=O) groups is 8. The molecule has 0 saturated carbocycles. The van der Waals surface area contributed by atoms with Crippen molar-refractivity contribution < 1.29 is 117 Å². The zero-order valence-electron chi connectivity index (χ0n) is 87.1. The highest BCUT2D eigenvalue weighted by atomic mass is 32.2. The molecular weight excluding hydrogens is 1800 g/mol. The number of rotatable bonds is 8. The molecule has 0 aromatic heterocycles. The predicted octanol–water partition coefficient (Wildman–Crippen LogP) is 15.6. The maximum Gasteiger partial charge on any atom is 0.309 e. The van der Waals surface area contributed by atoms with E-state index in [9.17, 15) is 79.2 Å². The van der Waals surface area contributed by atoms with Crippen molar-refractivity contribution in [1.82, 2.24) is 0 Å². The molecule has 10 aliphatic heterocycles. The molecule has 2 fully saturated rings. The number of thioether (sulfide) groups is 2. The Morgan fingerprint density at radius 3 is 0.870 bits per heavy atom. The lowest BCUT2D eigenvalue weighted by molar-refractivity contribution is -0.156. The van der Waals surface area contributed by atoms with Crippen LogP contribution in [0.25, 0.3) is 0 Å². The highest BCUT2D eigenvalue weighted by Gasteiger charge is 2.55. The number of aliphatic hydroxyl groups is 8. The number of fused-ring (bicyclic) bond motifs is 2. The average Bonchev–Trinajstić information content (AvgIpc) is 1.65. The summed E-state index contributed by atoms with van der Waals surface area (Å²) in [4.78, 5) is 122. The molecule has 30 heteroatoms. The number of ether oxygens (including phenoxy) is 8. The van der Waals surface area contributed by atoms with E-state index in [4.69, 9.17) is 37.9 Å². The van der Waals surface area contributed by atoms with E-state index in [0.717, 1.165) is 55.0 Å². The van der Waals surface area contributed by atoms with Crippen molar-refractivity contribution in [2.45, 2.75) is 392 Å². The Balaban J connectivity index is 0.000000250. The molecule has 28 atom stereocenters. The molecule has 10 rings (SSSR count). The summed E-state index contributed by atoms with van der Waals surface area (Å²) in [6, 6.07) is -0.151. The summed E-state index contributed by atoms with van der Waals surface area (Å²) in [6.07, 6.45) is 20.5. The van der Waals surface area contributed by atoms with Gasteiger partial charge in [-0.05, 0) is 117 Å². The van der Waals surface area contributed by atoms with Crippen LogP contribution in [0.2, 0.25) is 0 Å². The van der Waals surface area contributed by atoms with Gasteiger partial charge in [-0.2, -0.15) is 0 Å². The van der Waals surface area contributed by atoms with Crippen molar-refractivity contribution in [3.05, 3.63) is 119 Å². The number of Topliss-reactive ketones (excluding diaryl/α,β-unsaturated/α-hetero) is 4. The van der Waals surface area contributed by atoms with Crippen LogP contribution in [0.1, 0.15) is 271 Å². The van der Waals surface area contributed by atoms with Crippen LogP contribution in [-0.2, 0) is 76.3 Å². The summed E-state index contributed by atoms with van der Waals surface area (Å²) in [5.74, 6) is -4.14. The first-order valence-electron chi connectivity index (χ1n) is 49.3. The number of esters is 4. The number of aliphatic imine (C=N–C) groups is 4. The van der Waals surface area contributed by atoms with Gasteiger partial charge in [-0.3, -0.25) is 48.3 Å². The quantitative estimate of drug-likeness (QED) is 0.0484. The van der Waals surface area contributed by atoms with Gasteiger partial charge in [-0.15, -0.1) is 23.5 Å². The van der Waals surface area contributed by atoms with E-state index in [0.29, 0.717) is 76.4 Å². The molecule has 772 valence electrons. The minimum Gasteiger partial charge on any atom is -0.479 e. The summed E-state index contributed by atoms with van der Waals surface area (Å²) in [6.45, 7) is 51.3. The maximum absolute atomic E-state index is 13.2. The van der Waals surface area contributed by atoms with Crippen molar-refractivity contribution in [2.75, 3.05) is 24.7 Å². The Kier molecular flexibility index (Phi) is 43.6. The molecule has 0 aliphatic carbocycles. The van der Waals surface area contributed by atoms with Crippen LogP contribution in [0.3, 0.4) is 0 Å². The highest BCUT2D eigenvalue weighted by Crippen LogP contribution is 2.47. The Morgan fingerprint density at radius 1 is 0.362 bits per heavy atom. The Bertz CT molecular complexity index is 4430. The molecule has 0 amide bonds. The molecule has 0 bridgehead atoms. The Labute approximate surface area is 828 Å². The second-order valence-electron chi connectivity index (χ2n) is 42.9. The molecule has 0 spiro atoms. The lowest BCUT2D eigenvalue weighted by Gasteiger charge is -2.34. The third kappa shape index (κ3) is 33.3. The number of allylic oxidation sites excluding steroid dienone is 4. The molecule has 138 heavy (non-hydrogen) atoms. The topological polar surface area (TPSA) is 428 Å². The summed E-state index contributed by atoms with van der Waals surface area (Å²) in [5.41, 5.74) is 0.122. The largest absolute Gasteiger partial charge is 0.479 e. The molecule has 0 radical (unpaired) electrons. The van der Waals surface area contributed by atoms with Crippen molar-refractivity contribution in [3.8, 4) is 0 Å². The Morgan fingerprint density at radius 2 is 0.616 bits per heavy atom. The second kappa shape index (κ2) is 51.2. The van der Waals surface area contributed by atoms with E-state index < -0.39 is 148 Å². The smallest absolute Gasteiger partial charge is 0.309 e. The SMILES string of the molecule is CC1=NC(/C=C(\C)[C@@H]2C/C=C(/C)C/C=C/[C@H](C)[C@H](O)[C@@H](C)C(=O)C(C)(C)[C@@H](O)CC(=O)O2)CO1.CC1=NC(/C=C(\C)[C@@H]2C/C=C(/C)C/C=C/[C@H](C)[C@H](O)[C@@H](C)C(=O)C(C)(C)[C@@H](O)CC(=O)O2)CS1.CC1=NC(/C=C(\C)[C@@H]2CC3OC3(C)C/C=C/[C@H](C)[C@H](O)[C@@H](C)C(=O)C(C)(C)[C@@H](O)CC(=O)O2)CO1.CC1=NC(/C=C(\C)[C@@H]2CC3OC3(C)C/C=C/[C@H](C)[C@H](O)[C@@H](C)C(=O)C(C)(C)[C@@H](O)CC(=O)O2)CS1. The predicted molar refractivity (Wildman–Crippen MR) is 542 cm³/mol.